The average Bonchev–Trinajstić information content (AvgIpc) is 2.35. The SMILES string of the molecule is CCOc1ccc(Cl)cc1-c1nncc(C)c1C. The van der Waals surface area contributed by atoms with Gasteiger partial charge in [-0.15, -0.1) is 0 Å². The Labute approximate surface area is 112 Å². The van der Waals surface area contributed by atoms with Crippen LogP contribution in [0, 0.1) is 13.8 Å². The molecular formula is C14H15ClN2O. The van der Waals surface area contributed by atoms with E-state index < -0.39 is 0 Å². The number of rotatable bonds is 3. The number of halogens is 1. The summed E-state index contributed by atoms with van der Waals surface area (Å²) < 4.78 is 5.61. The van der Waals surface area contributed by atoms with Gasteiger partial charge in [-0.1, -0.05) is 11.6 Å². The lowest BCUT2D eigenvalue weighted by Gasteiger charge is -2.12. The predicted octanol–water partition coefficient (Wildman–Crippen LogP) is 3.81. The number of nitrogens with zero attached hydrogens (tertiary/aromatic N) is 2. The Balaban J connectivity index is 2.61. The molecule has 94 valence electrons. The van der Waals surface area contributed by atoms with Crippen molar-refractivity contribution in [3.8, 4) is 17.0 Å². The standard InChI is InChI=1S/C14H15ClN2O/c1-4-18-13-6-5-11(15)7-12(13)14-10(3)9(2)8-16-17-14/h5-8H,4H2,1-3H3. The predicted molar refractivity (Wildman–Crippen MR) is 73.1 cm³/mol. The normalized spacial score (nSPS) is 10.4. The average molecular weight is 263 g/mol. The van der Waals surface area contributed by atoms with E-state index >= 15 is 0 Å². The molecule has 0 fully saturated rings. The molecule has 1 heterocycles. The fraction of sp³-hybridized carbons (Fsp3) is 0.286. The zero-order valence-corrected chi connectivity index (χ0v) is 11.5. The molecule has 0 atom stereocenters. The molecule has 2 rings (SSSR count). The van der Waals surface area contributed by atoms with Gasteiger partial charge in [0.25, 0.3) is 0 Å². The molecule has 4 heteroatoms. The highest BCUT2D eigenvalue weighted by molar-refractivity contribution is 6.31. The zero-order chi connectivity index (χ0) is 13.1. The fourth-order valence-corrected chi connectivity index (χ4v) is 1.93. The van der Waals surface area contributed by atoms with E-state index in [-0.39, 0.29) is 0 Å². The van der Waals surface area contributed by atoms with E-state index in [9.17, 15) is 0 Å². The van der Waals surface area contributed by atoms with E-state index in [0.29, 0.717) is 11.6 Å². The molecule has 0 aliphatic heterocycles. The molecule has 0 unspecified atom stereocenters. The minimum absolute atomic E-state index is 0.604. The van der Waals surface area contributed by atoms with E-state index in [1.807, 2.05) is 39.0 Å². The maximum Gasteiger partial charge on any atom is 0.128 e. The highest BCUT2D eigenvalue weighted by atomic mass is 35.5. The second kappa shape index (κ2) is 5.36. The maximum absolute atomic E-state index is 6.06. The van der Waals surface area contributed by atoms with Crippen LogP contribution in [-0.4, -0.2) is 16.8 Å². The zero-order valence-electron chi connectivity index (χ0n) is 10.7. The number of hydrogen-bond donors (Lipinski definition) is 0. The van der Waals surface area contributed by atoms with Crippen LogP contribution in [-0.2, 0) is 0 Å². The van der Waals surface area contributed by atoms with Crippen molar-refractivity contribution in [2.24, 2.45) is 0 Å². The van der Waals surface area contributed by atoms with Crippen molar-refractivity contribution in [3.05, 3.63) is 40.5 Å². The molecule has 0 saturated carbocycles. The van der Waals surface area contributed by atoms with Gasteiger partial charge in [0.2, 0.25) is 0 Å². The third-order valence-electron chi connectivity index (χ3n) is 2.85. The van der Waals surface area contributed by atoms with Crippen molar-refractivity contribution in [2.45, 2.75) is 20.8 Å². The first-order chi connectivity index (χ1) is 8.63. The maximum atomic E-state index is 6.06. The lowest BCUT2D eigenvalue weighted by atomic mass is 10.0. The number of benzene rings is 1. The molecule has 0 saturated heterocycles. The Morgan fingerprint density at radius 1 is 1.28 bits per heavy atom. The van der Waals surface area contributed by atoms with Gasteiger partial charge in [0.05, 0.1) is 18.5 Å². The summed E-state index contributed by atoms with van der Waals surface area (Å²) in [7, 11) is 0. The van der Waals surface area contributed by atoms with Gasteiger partial charge in [-0.25, -0.2) is 0 Å². The molecule has 0 radical (unpaired) electrons. The highest BCUT2D eigenvalue weighted by Crippen LogP contribution is 2.33. The smallest absolute Gasteiger partial charge is 0.128 e. The Bertz CT molecular complexity index is 570. The van der Waals surface area contributed by atoms with E-state index in [4.69, 9.17) is 16.3 Å². The summed E-state index contributed by atoms with van der Waals surface area (Å²) >= 11 is 6.06. The molecule has 3 nitrogen and oxygen atoms in total. The number of aryl methyl sites for hydroxylation is 1. The van der Waals surface area contributed by atoms with Gasteiger partial charge in [-0.05, 0) is 50.1 Å². The molecule has 0 bridgehead atoms. The first-order valence-corrected chi connectivity index (χ1v) is 6.23. The van der Waals surface area contributed by atoms with Gasteiger partial charge in [0.15, 0.2) is 0 Å². The highest BCUT2D eigenvalue weighted by Gasteiger charge is 2.12. The molecule has 1 aromatic carbocycles. The summed E-state index contributed by atoms with van der Waals surface area (Å²) in [6.07, 6.45) is 1.75. The Kier molecular flexibility index (Phi) is 3.82. The van der Waals surface area contributed by atoms with Gasteiger partial charge < -0.3 is 4.74 Å². The molecular weight excluding hydrogens is 248 g/mol. The van der Waals surface area contributed by atoms with Crippen LogP contribution in [0.2, 0.25) is 5.02 Å². The summed E-state index contributed by atoms with van der Waals surface area (Å²) in [6.45, 7) is 6.59. The van der Waals surface area contributed by atoms with Crippen LogP contribution in [0.15, 0.2) is 24.4 Å². The van der Waals surface area contributed by atoms with Gasteiger partial charge in [-0.3, -0.25) is 0 Å². The molecule has 0 amide bonds. The van der Waals surface area contributed by atoms with Crippen LogP contribution in [0.4, 0.5) is 0 Å². The molecule has 1 aromatic heterocycles. The van der Waals surface area contributed by atoms with Gasteiger partial charge >= 0.3 is 0 Å². The topological polar surface area (TPSA) is 35.0 Å². The molecule has 0 aliphatic carbocycles. The summed E-state index contributed by atoms with van der Waals surface area (Å²) in [4.78, 5) is 0. The van der Waals surface area contributed by atoms with Crippen molar-refractivity contribution in [1.29, 1.82) is 0 Å². The lowest BCUT2D eigenvalue weighted by molar-refractivity contribution is 0.341. The molecule has 18 heavy (non-hydrogen) atoms. The van der Waals surface area contributed by atoms with Crippen LogP contribution in [0.1, 0.15) is 18.1 Å². The Morgan fingerprint density at radius 3 is 2.78 bits per heavy atom. The van der Waals surface area contributed by atoms with E-state index in [0.717, 1.165) is 28.1 Å². The minimum Gasteiger partial charge on any atom is -0.493 e. The number of hydrogen-bond acceptors (Lipinski definition) is 3. The molecule has 0 aliphatic rings. The summed E-state index contributed by atoms with van der Waals surface area (Å²) in [5.74, 6) is 0.782. The second-order valence-electron chi connectivity index (χ2n) is 4.07. The third-order valence-corrected chi connectivity index (χ3v) is 3.09. The summed E-state index contributed by atoms with van der Waals surface area (Å²) in [6, 6.07) is 5.54. The van der Waals surface area contributed by atoms with Crippen LogP contribution in [0.5, 0.6) is 5.75 Å². The molecule has 0 N–H and O–H groups in total. The lowest BCUT2D eigenvalue weighted by Crippen LogP contribution is -1.99. The monoisotopic (exact) mass is 262 g/mol. The Hall–Kier alpha value is -1.61. The largest absolute Gasteiger partial charge is 0.493 e. The van der Waals surface area contributed by atoms with Crippen LogP contribution in [0.25, 0.3) is 11.3 Å². The molecule has 0 spiro atoms. The minimum atomic E-state index is 0.604. The van der Waals surface area contributed by atoms with Crippen LogP contribution < -0.4 is 4.74 Å². The number of ether oxygens (including phenoxy) is 1. The van der Waals surface area contributed by atoms with E-state index in [1.54, 1.807) is 6.20 Å². The van der Waals surface area contributed by atoms with Crippen molar-refractivity contribution < 1.29 is 4.74 Å². The van der Waals surface area contributed by atoms with Gasteiger partial charge in [0, 0.05) is 10.6 Å². The fourth-order valence-electron chi connectivity index (χ4n) is 1.76. The second-order valence-corrected chi connectivity index (χ2v) is 4.51. The summed E-state index contributed by atoms with van der Waals surface area (Å²) in [5.41, 5.74) is 3.90. The first kappa shape index (κ1) is 12.8. The first-order valence-electron chi connectivity index (χ1n) is 5.85. The summed E-state index contributed by atoms with van der Waals surface area (Å²) in [5, 5.41) is 8.87. The van der Waals surface area contributed by atoms with Crippen molar-refractivity contribution >= 4 is 11.6 Å². The quantitative estimate of drug-likeness (QED) is 0.844. The van der Waals surface area contributed by atoms with E-state index in [2.05, 4.69) is 10.2 Å². The third kappa shape index (κ3) is 2.46. The number of aromatic nitrogens is 2. The van der Waals surface area contributed by atoms with Crippen molar-refractivity contribution in [1.82, 2.24) is 10.2 Å². The van der Waals surface area contributed by atoms with Crippen molar-refractivity contribution in [3.63, 3.8) is 0 Å². The van der Waals surface area contributed by atoms with Crippen LogP contribution in [0.3, 0.4) is 0 Å². The molecule has 2 aromatic rings. The van der Waals surface area contributed by atoms with E-state index in [1.165, 1.54) is 0 Å². The van der Waals surface area contributed by atoms with Gasteiger partial charge in [0.1, 0.15) is 5.75 Å². The van der Waals surface area contributed by atoms with Crippen LogP contribution >= 0.6 is 11.6 Å². The van der Waals surface area contributed by atoms with Gasteiger partial charge in [-0.2, -0.15) is 10.2 Å². The Morgan fingerprint density at radius 2 is 2.06 bits per heavy atom. The van der Waals surface area contributed by atoms with Crippen molar-refractivity contribution in [2.75, 3.05) is 6.61 Å².